The third kappa shape index (κ3) is 3.37. The molecule has 2 N–H and O–H groups in total. The molecule has 0 saturated carbocycles. The molecule has 0 aromatic heterocycles. The molecule has 1 fully saturated rings. The minimum atomic E-state index is -1.02. The van der Waals surface area contributed by atoms with Crippen LogP contribution in [-0.2, 0) is 4.79 Å². The lowest BCUT2D eigenvalue weighted by molar-refractivity contribution is -0.401. The van der Waals surface area contributed by atoms with Gasteiger partial charge >= 0.3 is 11.4 Å². The van der Waals surface area contributed by atoms with E-state index in [1.807, 2.05) is 0 Å². The Morgan fingerprint density at radius 1 is 1.09 bits per heavy atom. The standard InChI is InChI=1S/C11H11N5O7/c17-11(7-2-1-3-12-7)13-10-8(15(20)21)4-6(14(18)19)5-9(10)16(22)23/h4-5,7,12H,1-3H2,(H,13,17)/t7-/m0/s1. The topological polar surface area (TPSA) is 171 Å². The fraction of sp³-hybridized carbons (Fsp3) is 0.364. The monoisotopic (exact) mass is 325 g/mol. The van der Waals surface area contributed by atoms with Gasteiger partial charge in [0, 0.05) is 0 Å². The third-order valence-corrected chi connectivity index (χ3v) is 3.31. The molecule has 12 nitrogen and oxygen atoms in total. The number of carbonyl (C=O) groups excluding carboxylic acids is 1. The van der Waals surface area contributed by atoms with Crippen molar-refractivity contribution in [2.24, 2.45) is 0 Å². The van der Waals surface area contributed by atoms with E-state index in [4.69, 9.17) is 0 Å². The molecule has 1 aromatic carbocycles. The van der Waals surface area contributed by atoms with E-state index in [1.54, 1.807) is 0 Å². The molecule has 1 heterocycles. The molecule has 0 spiro atoms. The van der Waals surface area contributed by atoms with Crippen molar-refractivity contribution in [1.29, 1.82) is 0 Å². The first kappa shape index (κ1) is 16.2. The molecule has 0 aliphatic carbocycles. The molecule has 1 atom stereocenters. The number of hydrogen-bond donors (Lipinski definition) is 2. The van der Waals surface area contributed by atoms with Gasteiger partial charge in [0.1, 0.15) is 0 Å². The highest BCUT2D eigenvalue weighted by molar-refractivity contribution is 5.99. The van der Waals surface area contributed by atoms with Crippen LogP contribution in [0.2, 0.25) is 0 Å². The normalized spacial score (nSPS) is 16.8. The molecular formula is C11H11N5O7. The predicted octanol–water partition coefficient (Wildman–Crippen LogP) is 1.10. The predicted molar refractivity (Wildman–Crippen MR) is 76.1 cm³/mol. The van der Waals surface area contributed by atoms with Gasteiger partial charge < -0.3 is 10.6 Å². The van der Waals surface area contributed by atoms with Crippen LogP contribution in [0.5, 0.6) is 0 Å². The quantitative estimate of drug-likeness (QED) is 0.598. The molecule has 23 heavy (non-hydrogen) atoms. The Morgan fingerprint density at radius 2 is 1.65 bits per heavy atom. The molecule has 122 valence electrons. The van der Waals surface area contributed by atoms with E-state index in [0.717, 1.165) is 6.42 Å². The molecule has 1 aliphatic heterocycles. The molecular weight excluding hydrogens is 314 g/mol. The molecule has 1 saturated heterocycles. The smallest absolute Gasteiger partial charge is 0.306 e. The minimum Gasteiger partial charge on any atom is -0.313 e. The SMILES string of the molecule is O=C(Nc1c([N+](=O)[O-])cc([N+](=O)[O-])cc1[N+](=O)[O-])[C@@H]1CCCN1. The highest BCUT2D eigenvalue weighted by Crippen LogP contribution is 2.38. The first-order valence-corrected chi connectivity index (χ1v) is 6.46. The summed E-state index contributed by atoms with van der Waals surface area (Å²) in [4.78, 5) is 41.9. The first-order chi connectivity index (χ1) is 10.8. The number of nitro groups is 3. The Labute approximate surface area is 127 Å². The van der Waals surface area contributed by atoms with E-state index in [9.17, 15) is 35.1 Å². The van der Waals surface area contributed by atoms with E-state index in [2.05, 4.69) is 10.6 Å². The van der Waals surface area contributed by atoms with Crippen molar-refractivity contribution in [3.05, 3.63) is 42.5 Å². The maximum atomic E-state index is 12.0. The van der Waals surface area contributed by atoms with Gasteiger partial charge in [0.25, 0.3) is 5.69 Å². The Kier molecular flexibility index (Phi) is 4.45. The van der Waals surface area contributed by atoms with Crippen LogP contribution in [0.1, 0.15) is 12.8 Å². The van der Waals surface area contributed by atoms with Crippen LogP contribution in [0.25, 0.3) is 0 Å². The lowest BCUT2D eigenvalue weighted by Gasteiger charge is -2.11. The van der Waals surface area contributed by atoms with E-state index in [1.165, 1.54) is 0 Å². The second kappa shape index (κ2) is 6.31. The van der Waals surface area contributed by atoms with E-state index in [-0.39, 0.29) is 0 Å². The third-order valence-electron chi connectivity index (χ3n) is 3.31. The summed E-state index contributed by atoms with van der Waals surface area (Å²) in [5.41, 5.74) is -3.28. The van der Waals surface area contributed by atoms with Crippen LogP contribution in [0, 0.1) is 30.3 Å². The van der Waals surface area contributed by atoms with Gasteiger partial charge in [0.15, 0.2) is 5.69 Å². The zero-order valence-corrected chi connectivity index (χ0v) is 11.6. The number of carbonyl (C=O) groups is 1. The van der Waals surface area contributed by atoms with Crippen molar-refractivity contribution in [1.82, 2.24) is 5.32 Å². The van der Waals surface area contributed by atoms with Crippen molar-refractivity contribution < 1.29 is 19.6 Å². The van der Waals surface area contributed by atoms with Crippen LogP contribution in [-0.4, -0.2) is 33.3 Å². The Morgan fingerprint density at radius 3 is 2.04 bits per heavy atom. The van der Waals surface area contributed by atoms with Gasteiger partial charge in [-0.3, -0.25) is 35.1 Å². The fourth-order valence-electron chi connectivity index (χ4n) is 2.24. The van der Waals surface area contributed by atoms with E-state index >= 15 is 0 Å². The van der Waals surface area contributed by atoms with Crippen molar-refractivity contribution in [2.75, 3.05) is 11.9 Å². The van der Waals surface area contributed by atoms with Crippen molar-refractivity contribution in [3.63, 3.8) is 0 Å². The number of nitrogens with one attached hydrogen (secondary N) is 2. The average molecular weight is 325 g/mol. The van der Waals surface area contributed by atoms with Gasteiger partial charge in [0.05, 0.1) is 32.9 Å². The van der Waals surface area contributed by atoms with Crippen molar-refractivity contribution in [3.8, 4) is 0 Å². The summed E-state index contributed by atoms with van der Waals surface area (Å²) >= 11 is 0. The molecule has 12 heteroatoms. The number of rotatable bonds is 5. The second-order valence-corrected chi connectivity index (χ2v) is 4.77. The zero-order chi connectivity index (χ0) is 17.1. The van der Waals surface area contributed by atoms with Gasteiger partial charge in [-0.25, -0.2) is 0 Å². The molecule has 0 unspecified atom stereocenters. The molecule has 2 rings (SSSR count). The van der Waals surface area contributed by atoms with Crippen LogP contribution in [0.4, 0.5) is 22.7 Å². The van der Waals surface area contributed by atoms with Crippen LogP contribution < -0.4 is 10.6 Å². The number of amides is 1. The van der Waals surface area contributed by atoms with E-state index in [0.29, 0.717) is 25.1 Å². The number of hydrogen-bond acceptors (Lipinski definition) is 8. The van der Waals surface area contributed by atoms with E-state index < -0.39 is 49.5 Å². The van der Waals surface area contributed by atoms with Crippen LogP contribution >= 0.6 is 0 Å². The first-order valence-electron chi connectivity index (χ1n) is 6.46. The number of non-ortho nitro benzene ring substituents is 1. The van der Waals surface area contributed by atoms with Crippen molar-refractivity contribution in [2.45, 2.75) is 18.9 Å². The summed E-state index contributed by atoms with van der Waals surface area (Å²) in [6, 6.07) is 0.527. The Hall–Kier alpha value is -3.15. The van der Waals surface area contributed by atoms with Gasteiger partial charge in [0.2, 0.25) is 5.91 Å². The molecule has 1 aromatic rings. The van der Waals surface area contributed by atoms with Crippen molar-refractivity contribution >= 4 is 28.7 Å². The summed E-state index contributed by atoms with van der Waals surface area (Å²) in [6.45, 7) is 0.586. The second-order valence-electron chi connectivity index (χ2n) is 4.77. The minimum absolute atomic E-state index is 0.487. The van der Waals surface area contributed by atoms with Crippen LogP contribution in [0.3, 0.4) is 0 Å². The van der Waals surface area contributed by atoms with Crippen LogP contribution in [0.15, 0.2) is 12.1 Å². The maximum Gasteiger partial charge on any atom is 0.306 e. The number of anilines is 1. The highest BCUT2D eigenvalue weighted by atomic mass is 16.6. The maximum absolute atomic E-state index is 12.0. The van der Waals surface area contributed by atoms with Gasteiger partial charge in [-0.05, 0) is 19.4 Å². The van der Waals surface area contributed by atoms with Gasteiger partial charge in [-0.2, -0.15) is 0 Å². The lowest BCUT2D eigenvalue weighted by Crippen LogP contribution is -2.35. The number of nitrogens with zero attached hydrogens (tertiary/aromatic N) is 3. The fourth-order valence-corrected chi connectivity index (χ4v) is 2.24. The summed E-state index contributed by atoms with van der Waals surface area (Å²) in [7, 11) is 0. The zero-order valence-electron chi connectivity index (χ0n) is 11.6. The number of nitro benzene ring substituents is 3. The largest absolute Gasteiger partial charge is 0.313 e. The summed E-state index contributed by atoms with van der Waals surface area (Å²) in [5.74, 6) is -0.664. The molecule has 0 radical (unpaired) electrons. The average Bonchev–Trinajstić information content (AvgIpc) is 3.00. The number of benzene rings is 1. The Balaban J connectivity index is 2.50. The molecule has 1 amide bonds. The summed E-state index contributed by atoms with van der Waals surface area (Å²) in [5, 5.41) is 37.9. The summed E-state index contributed by atoms with van der Waals surface area (Å²) in [6.07, 6.45) is 1.21. The summed E-state index contributed by atoms with van der Waals surface area (Å²) < 4.78 is 0. The Bertz CT molecular complexity index is 663. The lowest BCUT2D eigenvalue weighted by atomic mass is 10.1. The molecule has 0 bridgehead atoms. The van der Waals surface area contributed by atoms with Gasteiger partial charge in [-0.15, -0.1) is 0 Å². The molecule has 1 aliphatic rings. The highest BCUT2D eigenvalue weighted by Gasteiger charge is 2.33. The van der Waals surface area contributed by atoms with Gasteiger partial charge in [-0.1, -0.05) is 0 Å².